The first-order valence-electron chi connectivity index (χ1n) is 10.6. The molecule has 164 valence electrons. The van der Waals surface area contributed by atoms with Crippen LogP contribution in [0.4, 0.5) is 0 Å². The summed E-state index contributed by atoms with van der Waals surface area (Å²) in [4.78, 5) is 24.2. The molecule has 1 aliphatic heterocycles. The number of nitrogens with two attached hydrogens (primary N) is 1. The van der Waals surface area contributed by atoms with Gasteiger partial charge in [0.25, 0.3) is 0 Å². The van der Waals surface area contributed by atoms with Crippen molar-refractivity contribution in [3.63, 3.8) is 0 Å². The largest absolute Gasteiger partial charge is 0.494 e. The standard InChI is InChI=1S/C24H31BN2O4/c1-23(2)24(3,4)31-25(30-23)19-13-10-18(11-14-19)16-20(22(26)29)27-21(28)15-12-17-8-6-5-7-9-17/h5-11,13-14,20H,12,15-16H2,1-4H3,(H2,26,29)(H,27,28)/t20-/m0/s1. The van der Waals surface area contributed by atoms with Gasteiger partial charge in [0, 0.05) is 12.8 Å². The van der Waals surface area contributed by atoms with Crippen LogP contribution in [0.25, 0.3) is 0 Å². The Kier molecular flexibility index (Phi) is 6.87. The second kappa shape index (κ2) is 9.24. The number of aryl methyl sites for hydroxylation is 1. The highest BCUT2D eigenvalue weighted by molar-refractivity contribution is 6.62. The number of nitrogens with one attached hydrogen (secondary N) is 1. The third-order valence-corrected chi connectivity index (χ3v) is 6.11. The molecule has 2 aromatic carbocycles. The van der Waals surface area contributed by atoms with E-state index in [4.69, 9.17) is 15.0 Å². The predicted octanol–water partition coefficient (Wildman–Crippen LogP) is 2.13. The average molecular weight is 422 g/mol. The summed E-state index contributed by atoms with van der Waals surface area (Å²) in [5.74, 6) is -0.746. The summed E-state index contributed by atoms with van der Waals surface area (Å²) < 4.78 is 12.1. The van der Waals surface area contributed by atoms with Crippen LogP contribution in [0.5, 0.6) is 0 Å². The third-order valence-electron chi connectivity index (χ3n) is 6.11. The second-order valence-electron chi connectivity index (χ2n) is 9.04. The minimum absolute atomic E-state index is 0.193. The van der Waals surface area contributed by atoms with Gasteiger partial charge in [-0.25, -0.2) is 0 Å². The first kappa shape index (κ1) is 23.0. The summed E-state index contributed by atoms with van der Waals surface area (Å²) in [5.41, 5.74) is 7.60. The van der Waals surface area contributed by atoms with Gasteiger partial charge in [-0.2, -0.15) is 0 Å². The normalized spacial score (nSPS) is 17.9. The van der Waals surface area contributed by atoms with E-state index in [2.05, 4.69) is 5.32 Å². The van der Waals surface area contributed by atoms with E-state index in [9.17, 15) is 9.59 Å². The number of carbonyl (C=O) groups excluding carboxylic acids is 2. The smallest absolute Gasteiger partial charge is 0.399 e. The molecule has 0 spiro atoms. The van der Waals surface area contributed by atoms with Crippen LogP contribution in [0, 0.1) is 0 Å². The molecule has 31 heavy (non-hydrogen) atoms. The molecule has 3 N–H and O–H groups in total. The van der Waals surface area contributed by atoms with E-state index in [1.54, 1.807) is 0 Å². The van der Waals surface area contributed by atoms with Gasteiger partial charge in [-0.15, -0.1) is 0 Å². The van der Waals surface area contributed by atoms with Crippen molar-refractivity contribution >= 4 is 24.4 Å². The van der Waals surface area contributed by atoms with E-state index in [1.165, 1.54) is 0 Å². The molecule has 0 unspecified atom stereocenters. The number of hydrogen-bond donors (Lipinski definition) is 2. The van der Waals surface area contributed by atoms with Crippen molar-refractivity contribution in [2.45, 2.75) is 64.2 Å². The quantitative estimate of drug-likeness (QED) is 0.638. The van der Waals surface area contributed by atoms with Gasteiger partial charge in [-0.3, -0.25) is 9.59 Å². The Morgan fingerprint density at radius 3 is 2.06 bits per heavy atom. The SMILES string of the molecule is CC1(C)OB(c2ccc(C[C@H](NC(=O)CCc3ccccc3)C(N)=O)cc2)OC1(C)C. The molecule has 7 heteroatoms. The van der Waals surface area contributed by atoms with Gasteiger partial charge in [0.05, 0.1) is 11.2 Å². The van der Waals surface area contributed by atoms with Crippen molar-refractivity contribution in [1.82, 2.24) is 5.32 Å². The minimum Gasteiger partial charge on any atom is -0.399 e. The highest BCUT2D eigenvalue weighted by Gasteiger charge is 2.51. The first-order chi connectivity index (χ1) is 14.6. The molecular weight excluding hydrogens is 391 g/mol. The summed E-state index contributed by atoms with van der Waals surface area (Å²) in [6.07, 6.45) is 1.24. The molecule has 0 aliphatic carbocycles. The zero-order valence-electron chi connectivity index (χ0n) is 18.7. The van der Waals surface area contributed by atoms with Crippen LogP contribution >= 0.6 is 0 Å². The van der Waals surface area contributed by atoms with Gasteiger partial charge in [0.2, 0.25) is 11.8 Å². The lowest BCUT2D eigenvalue weighted by Gasteiger charge is -2.32. The molecular formula is C24H31BN2O4. The van der Waals surface area contributed by atoms with E-state index in [0.29, 0.717) is 19.3 Å². The van der Waals surface area contributed by atoms with E-state index < -0.39 is 30.3 Å². The van der Waals surface area contributed by atoms with Crippen molar-refractivity contribution < 1.29 is 18.9 Å². The molecule has 3 rings (SSSR count). The maximum absolute atomic E-state index is 12.3. The monoisotopic (exact) mass is 422 g/mol. The van der Waals surface area contributed by atoms with Crippen LogP contribution in [-0.2, 0) is 31.7 Å². The zero-order valence-corrected chi connectivity index (χ0v) is 18.7. The number of rotatable bonds is 8. The van der Waals surface area contributed by atoms with Gasteiger partial charge >= 0.3 is 7.12 Å². The first-order valence-corrected chi connectivity index (χ1v) is 10.6. The van der Waals surface area contributed by atoms with Crippen LogP contribution in [0.1, 0.15) is 45.2 Å². The fraction of sp³-hybridized carbons (Fsp3) is 0.417. The fourth-order valence-electron chi connectivity index (χ4n) is 3.42. The molecule has 0 radical (unpaired) electrons. The topological polar surface area (TPSA) is 90.6 Å². The van der Waals surface area contributed by atoms with Crippen molar-refractivity contribution in [3.8, 4) is 0 Å². The Hall–Kier alpha value is -2.64. The average Bonchev–Trinajstić information content (AvgIpc) is 2.94. The number of primary amides is 1. The van der Waals surface area contributed by atoms with E-state index in [1.807, 2.05) is 82.3 Å². The Morgan fingerprint density at radius 1 is 0.935 bits per heavy atom. The number of carbonyl (C=O) groups is 2. The van der Waals surface area contributed by atoms with Crippen LogP contribution in [0.3, 0.4) is 0 Å². The highest BCUT2D eigenvalue weighted by atomic mass is 16.7. The molecule has 2 aromatic rings. The zero-order chi connectivity index (χ0) is 22.6. The molecule has 1 heterocycles. The number of amides is 2. The summed E-state index contributed by atoms with van der Waals surface area (Å²) in [7, 11) is -0.441. The molecule has 1 atom stereocenters. The predicted molar refractivity (Wildman–Crippen MR) is 122 cm³/mol. The second-order valence-corrected chi connectivity index (χ2v) is 9.04. The summed E-state index contributed by atoms with van der Waals surface area (Å²) in [6.45, 7) is 8.05. The molecule has 1 saturated heterocycles. The highest BCUT2D eigenvalue weighted by Crippen LogP contribution is 2.36. The van der Waals surface area contributed by atoms with Crippen LogP contribution in [0.15, 0.2) is 54.6 Å². The summed E-state index contributed by atoms with van der Waals surface area (Å²) >= 11 is 0. The molecule has 2 amide bonds. The van der Waals surface area contributed by atoms with Crippen molar-refractivity contribution in [3.05, 3.63) is 65.7 Å². The van der Waals surface area contributed by atoms with Gasteiger partial charge in [-0.1, -0.05) is 54.6 Å². The van der Waals surface area contributed by atoms with Crippen LogP contribution < -0.4 is 16.5 Å². The Bertz CT molecular complexity index is 897. The molecule has 1 fully saturated rings. The molecule has 0 bridgehead atoms. The Balaban J connectivity index is 1.58. The number of hydrogen-bond acceptors (Lipinski definition) is 4. The molecule has 0 aromatic heterocycles. The lowest BCUT2D eigenvalue weighted by molar-refractivity contribution is -0.127. The van der Waals surface area contributed by atoms with Crippen molar-refractivity contribution in [2.75, 3.05) is 0 Å². The van der Waals surface area contributed by atoms with Gasteiger partial charge in [0.15, 0.2) is 0 Å². The molecule has 1 aliphatic rings. The minimum atomic E-state index is -0.758. The van der Waals surface area contributed by atoms with Crippen LogP contribution in [-0.4, -0.2) is 36.2 Å². The van der Waals surface area contributed by atoms with Crippen LogP contribution in [0.2, 0.25) is 0 Å². The number of benzene rings is 2. The maximum atomic E-state index is 12.3. The molecule has 0 saturated carbocycles. The summed E-state index contributed by atoms with van der Waals surface area (Å²) in [6, 6.07) is 16.7. The lowest BCUT2D eigenvalue weighted by atomic mass is 9.78. The van der Waals surface area contributed by atoms with E-state index >= 15 is 0 Å². The Morgan fingerprint density at radius 2 is 1.52 bits per heavy atom. The van der Waals surface area contributed by atoms with Gasteiger partial charge < -0.3 is 20.4 Å². The van der Waals surface area contributed by atoms with Gasteiger partial charge in [0.1, 0.15) is 6.04 Å². The van der Waals surface area contributed by atoms with Gasteiger partial charge in [-0.05, 0) is 50.7 Å². The van der Waals surface area contributed by atoms with Crippen molar-refractivity contribution in [2.24, 2.45) is 5.73 Å². The Labute approximate surface area is 184 Å². The lowest BCUT2D eigenvalue weighted by Crippen LogP contribution is -2.46. The molecule has 6 nitrogen and oxygen atoms in total. The third kappa shape index (κ3) is 5.74. The maximum Gasteiger partial charge on any atom is 0.494 e. The van der Waals surface area contributed by atoms with E-state index in [-0.39, 0.29) is 5.91 Å². The fourth-order valence-corrected chi connectivity index (χ4v) is 3.42. The van der Waals surface area contributed by atoms with Crippen molar-refractivity contribution in [1.29, 1.82) is 0 Å². The summed E-state index contributed by atoms with van der Waals surface area (Å²) in [5, 5.41) is 2.76. The van der Waals surface area contributed by atoms with E-state index in [0.717, 1.165) is 16.6 Å².